The predicted molar refractivity (Wildman–Crippen MR) is 123 cm³/mol. The second-order valence-corrected chi connectivity index (χ2v) is 8.49. The number of carbonyl (C=O) groups excluding carboxylic acids is 1. The van der Waals surface area contributed by atoms with Crippen LogP contribution in [0.2, 0.25) is 5.02 Å². The van der Waals surface area contributed by atoms with Gasteiger partial charge in [0.05, 0.1) is 11.7 Å². The quantitative estimate of drug-likeness (QED) is 0.437. The molecule has 0 radical (unpaired) electrons. The van der Waals surface area contributed by atoms with Crippen LogP contribution in [0, 0.1) is 6.92 Å². The van der Waals surface area contributed by atoms with Crippen molar-refractivity contribution in [2.45, 2.75) is 26.3 Å². The zero-order chi connectivity index (χ0) is 21.3. The summed E-state index contributed by atoms with van der Waals surface area (Å²) < 4.78 is 1.42. The fourth-order valence-corrected chi connectivity index (χ4v) is 4.52. The van der Waals surface area contributed by atoms with Gasteiger partial charge in [0.25, 0.3) is 5.56 Å². The summed E-state index contributed by atoms with van der Waals surface area (Å²) in [6, 6.07) is 16.4. The Morgan fingerprint density at radius 1 is 1.20 bits per heavy atom. The van der Waals surface area contributed by atoms with Crippen LogP contribution in [0.5, 0.6) is 0 Å². The molecule has 2 aromatic carbocycles. The number of nitrogens with zero attached hydrogens (tertiary/aromatic N) is 2. The molecule has 1 unspecified atom stereocenters. The third kappa shape index (κ3) is 3.88. The van der Waals surface area contributed by atoms with Crippen LogP contribution in [0.4, 0.5) is 5.69 Å². The molecule has 0 fully saturated rings. The molecule has 2 aromatic heterocycles. The van der Waals surface area contributed by atoms with E-state index in [0.717, 1.165) is 16.0 Å². The summed E-state index contributed by atoms with van der Waals surface area (Å²) in [5.74, 6) is -0.273. The molecule has 1 atom stereocenters. The van der Waals surface area contributed by atoms with E-state index in [1.165, 1.54) is 22.2 Å². The van der Waals surface area contributed by atoms with E-state index in [0.29, 0.717) is 27.3 Å². The number of aryl methyl sites for hydroxylation is 1. The lowest BCUT2D eigenvalue weighted by Crippen LogP contribution is -2.33. The zero-order valence-electron chi connectivity index (χ0n) is 16.6. The van der Waals surface area contributed by atoms with Gasteiger partial charge in [-0.3, -0.25) is 14.2 Å². The minimum absolute atomic E-state index is 0.219. The van der Waals surface area contributed by atoms with Crippen molar-refractivity contribution < 1.29 is 4.79 Å². The summed E-state index contributed by atoms with van der Waals surface area (Å²) in [4.78, 5) is 32.3. The number of amides is 1. The number of carbonyl (C=O) groups is 1. The highest BCUT2D eigenvalue weighted by Gasteiger charge is 2.22. The maximum Gasteiger partial charge on any atom is 0.262 e. The van der Waals surface area contributed by atoms with Crippen LogP contribution in [0.3, 0.4) is 0 Å². The van der Waals surface area contributed by atoms with Crippen LogP contribution in [0.15, 0.2) is 65.7 Å². The van der Waals surface area contributed by atoms with Gasteiger partial charge in [-0.1, -0.05) is 54.9 Å². The average molecular weight is 438 g/mol. The van der Waals surface area contributed by atoms with Crippen molar-refractivity contribution in [3.05, 3.63) is 81.9 Å². The molecule has 1 N–H and O–H groups in total. The van der Waals surface area contributed by atoms with Crippen molar-refractivity contribution in [1.29, 1.82) is 0 Å². The Kier molecular flexibility index (Phi) is 5.70. The van der Waals surface area contributed by atoms with Crippen molar-refractivity contribution in [1.82, 2.24) is 9.55 Å². The van der Waals surface area contributed by atoms with E-state index >= 15 is 0 Å². The van der Waals surface area contributed by atoms with E-state index in [-0.39, 0.29) is 11.5 Å². The van der Waals surface area contributed by atoms with E-state index in [1.807, 2.05) is 56.3 Å². The first-order chi connectivity index (χ1) is 14.5. The second-order valence-electron chi connectivity index (χ2n) is 7.03. The van der Waals surface area contributed by atoms with Gasteiger partial charge in [0, 0.05) is 15.6 Å². The lowest BCUT2D eigenvalue weighted by Gasteiger charge is -2.18. The summed E-state index contributed by atoms with van der Waals surface area (Å²) in [5, 5.41) is 3.96. The molecule has 0 saturated carbocycles. The minimum Gasteiger partial charge on any atom is -0.324 e. The molecule has 0 spiro atoms. The van der Waals surface area contributed by atoms with E-state index in [1.54, 1.807) is 12.1 Å². The van der Waals surface area contributed by atoms with Crippen LogP contribution in [-0.2, 0) is 4.79 Å². The van der Waals surface area contributed by atoms with E-state index < -0.39 is 6.04 Å². The number of aromatic nitrogens is 2. The SMILES string of the molecule is CCC(C(=O)Nc1cc(Cl)ccc1C)n1cnc2sc(-c3ccccc3)cc2c1=O. The Labute approximate surface area is 183 Å². The number of hydrogen-bond acceptors (Lipinski definition) is 4. The van der Waals surface area contributed by atoms with Crippen molar-refractivity contribution in [2.75, 3.05) is 5.32 Å². The molecule has 2 heterocycles. The number of hydrogen-bond donors (Lipinski definition) is 1. The standard InChI is InChI=1S/C23H20ClN3O2S/c1-3-19(21(28)26-18-11-16(24)10-9-14(18)2)27-13-25-22-17(23(27)29)12-20(30-22)15-7-5-4-6-8-15/h4-13,19H,3H2,1-2H3,(H,26,28). The predicted octanol–water partition coefficient (Wildman–Crippen LogP) is 5.68. The summed E-state index contributed by atoms with van der Waals surface area (Å²) in [5.41, 5.74) is 2.35. The number of fused-ring (bicyclic) bond motifs is 1. The highest BCUT2D eigenvalue weighted by molar-refractivity contribution is 7.21. The van der Waals surface area contributed by atoms with Gasteiger partial charge in [-0.2, -0.15) is 0 Å². The third-order valence-electron chi connectivity index (χ3n) is 5.02. The fourth-order valence-electron chi connectivity index (χ4n) is 3.36. The Bertz CT molecular complexity index is 1280. The summed E-state index contributed by atoms with van der Waals surface area (Å²) in [6.45, 7) is 3.76. The van der Waals surface area contributed by atoms with Crippen molar-refractivity contribution in [3.63, 3.8) is 0 Å². The van der Waals surface area contributed by atoms with E-state index in [4.69, 9.17) is 11.6 Å². The van der Waals surface area contributed by atoms with Gasteiger partial charge in [0.1, 0.15) is 10.9 Å². The molecule has 4 rings (SSSR count). The van der Waals surface area contributed by atoms with Crippen LogP contribution in [0.25, 0.3) is 20.7 Å². The second kappa shape index (κ2) is 8.42. The normalized spacial score (nSPS) is 12.1. The maximum atomic E-state index is 13.2. The topological polar surface area (TPSA) is 64.0 Å². The lowest BCUT2D eigenvalue weighted by atomic mass is 10.1. The smallest absolute Gasteiger partial charge is 0.262 e. The Hall–Kier alpha value is -2.96. The highest BCUT2D eigenvalue weighted by Crippen LogP contribution is 2.31. The van der Waals surface area contributed by atoms with Crippen molar-refractivity contribution in [2.24, 2.45) is 0 Å². The van der Waals surface area contributed by atoms with Crippen molar-refractivity contribution >= 4 is 44.7 Å². The molecular formula is C23H20ClN3O2S. The summed E-state index contributed by atoms with van der Waals surface area (Å²) in [6.07, 6.45) is 1.92. The summed E-state index contributed by atoms with van der Waals surface area (Å²) >= 11 is 7.53. The average Bonchev–Trinajstić information content (AvgIpc) is 3.19. The van der Waals surface area contributed by atoms with Gasteiger partial charge in [0.2, 0.25) is 5.91 Å². The number of thiophene rings is 1. The Balaban J connectivity index is 1.70. The highest BCUT2D eigenvalue weighted by atomic mass is 35.5. The Morgan fingerprint density at radius 2 is 1.97 bits per heavy atom. The molecule has 1 amide bonds. The minimum atomic E-state index is -0.673. The molecule has 0 aliphatic rings. The number of anilines is 1. The van der Waals surface area contributed by atoms with Gasteiger partial charge >= 0.3 is 0 Å². The molecule has 7 heteroatoms. The van der Waals surface area contributed by atoms with Gasteiger partial charge in [-0.05, 0) is 42.7 Å². The van der Waals surface area contributed by atoms with Crippen LogP contribution in [-0.4, -0.2) is 15.5 Å². The van der Waals surface area contributed by atoms with Crippen LogP contribution >= 0.6 is 22.9 Å². The van der Waals surface area contributed by atoms with Crippen LogP contribution < -0.4 is 10.9 Å². The number of nitrogens with one attached hydrogen (secondary N) is 1. The van der Waals surface area contributed by atoms with Crippen molar-refractivity contribution in [3.8, 4) is 10.4 Å². The van der Waals surface area contributed by atoms with E-state index in [2.05, 4.69) is 10.3 Å². The first kappa shape index (κ1) is 20.3. The molecule has 5 nitrogen and oxygen atoms in total. The Morgan fingerprint density at radius 3 is 2.70 bits per heavy atom. The largest absolute Gasteiger partial charge is 0.324 e. The summed E-state index contributed by atoms with van der Waals surface area (Å²) in [7, 11) is 0. The first-order valence-corrected chi connectivity index (χ1v) is 10.8. The monoisotopic (exact) mass is 437 g/mol. The maximum absolute atomic E-state index is 13.2. The number of benzene rings is 2. The molecule has 4 aromatic rings. The molecule has 0 aliphatic carbocycles. The van der Waals surface area contributed by atoms with Gasteiger partial charge in [-0.15, -0.1) is 11.3 Å². The molecule has 0 bridgehead atoms. The van der Waals surface area contributed by atoms with E-state index in [9.17, 15) is 9.59 Å². The van der Waals surface area contributed by atoms with Gasteiger partial charge < -0.3 is 5.32 Å². The van der Waals surface area contributed by atoms with Gasteiger partial charge in [-0.25, -0.2) is 4.98 Å². The third-order valence-corrected chi connectivity index (χ3v) is 6.34. The molecule has 0 saturated heterocycles. The molecule has 0 aliphatic heterocycles. The van der Waals surface area contributed by atoms with Gasteiger partial charge in [0.15, 0.2) is 0 Å². The molecule has 152 valence electrons. The van der Waals surface area contributed by atoms with Crippen LogP contribution in [0.1, 0.15) is 24.9 Å². The molecule has 30 heavy (non-hydrogen) atoms. The lowest BCUT2D eigenvalue weighted by molar-refractivity contribution is -0.119. The number of halogens is 1. The number of rotatable bonds is 5. The zero-order valence-corrected chi connectivity index (χ0v) is 18.1. The molecular weight excluding hydrogens is 418 g/mol. The fraction of sp³-hybridized carbons (Fsp3) is 0.174. The first-order valence-electron chi connectivity index (χ1n) is 9.61.